The van der Waals surface area contributed by atoms with E-state index >= 15 is 0 Å². The van der Waals surface area contributed by atoms with Crippen molar-refractivity contribution in [2.45, 2.75) is 32.4 Å². The molecule has 1 unspecified atom stereocenters. The van der Waals surface area contributed by atoms with Crippen molar-refractivity contribution in [3.63, 3.8) is 0 Å². The highest BCUT2D eigenvalue weighted by atomic mass is 32.2. The lowest BCUT2D eigenvalue weighted by Crippen LogP contribution is -2.36. The van der Waals surface area contributed by atoms with Crippen molar-refractivity contribution in [1.29, 1.82) is 0 Å². The Morgan fingerprint density at radius 3 is 2.54 bits per heavy atom. The molecule has 7 heteroatoms. The van der Waals surface area contributed by atoms with E-state index in [-0.39, 0.29) is 12.1 Å². The smallest absolute Gasteiger partial charge is 0.411 e. The van der Waals surface area contributed by atoms with Gasteiger partial charge < -0.3 is 14.2 Å². The van der Waals surface area contributed by atoms with E-state index < -0.39 is 11.6 Å². The van der Waals surface area contributed by atoms with E-state index in [1.165, 1.54) is 14.2 Å². The number of carbonyl (C=O) groups is 2. The third-order valence-corrected chi connectivity index (χ3v) is 4.54. The SMILES string of the molecule is COC(=O)c1ccc(C2CSCN2C(=O)OC(C)(C)C)cc1OC. The fourth-order valence-corrected chi connectivity index (χ4v) is 3.60. The Hall–Kier alpha value is -1.89. The van der Waals surface area contributed by atoms with Gasteiger partial charge in [0.1, 0.15) is 16.9 Å². The van der Waals surface area contributed by atoms with Crippen LogP contribution in [0.1, 0.15) is 42.7 Å². The molecule has 1 saturated heterocycles. The topological polar surface area (TPSA) is 65.1 Å². The van der Waals surface area contributed by atoms with E-state index in [2.05, 4.69) is 0 Å². The molecule has 0 radical (unpaired) electrons. The number of hydrogen-bond donors (Lipinski definition) is 0. The van der Waals surface area contributed by atoms with Crippen LogP contribution < -0.4 is 4.74 Å². The number of thioether (sulfide) groups is 1. The van der Waals surface area contributed by atoms with Crippen LogP contribution in [0.4, 0.5) is 4.79 Å². The molecular formula is C17H23NO5S. The maximum Gasteiger partial charge on any atom is 0.411 e. The van der Waals surface area contributed by atoms with Gasteiger partial charge in [-0.25, -0.2) is 9.59 Å². The van der Waals surface area contributed by atoms with Gasteiger partial charge in [-0.3, -0.25) is 4.90 Å². The van der Waals surface area contributed by atoms with Crippen LogP contribution in [0.5, 0.6) is 5.75 Å². The molecule has 1 aromatic rings. The number of amides is 1. The monoisotopic (exact) mass is 353 g/mol. The average molecular weight is 353 g/mol. The fraction of sp³-hybridized carbons (Fsp3) is 0.529. The number of benzene rings is 1. The summed E-state index contributed by atoms with van der Waals surface area (Å²) in [7, 11) is 2.83. The Labute approximate surface area is 146 Å². The van der Waals surface area contributed by atoms with Gasteiger partial charge in [-0.2, -0.15) is 0 Å². The van der Waals surface area contributed by atoms with Crippen LogP contribution in [0.3, 0.4) is 0 Å². The minimum Gasteiger partial charge on any atom is -0.496 e. The minimum atomic E-state index is -0.540. The van der Waals surface area contributed by atoms with Gasteiger partial charge in [0.25, 0.3) is 0 Å². The third-order valence-electron chi connectivity index (χ3n) is 3.53. The van der Waals surface area contributed by atoms with E-state index in [1.54, 1.807) is 28.8 Å². The second-order valence-electron chi connectivity index (χ2n) is 6.42. The Morgan fingerprint density at radius 1 is 1.25 bits per heavy atom. The summed E-state index contributed by atoms with van der Waals surface area (Å²) < 4.78 is 15.5. The molecule has 24 heavy (non-hydrogen) atoms. The first-order chi connectivity index (χ1) is 11.3. The largest absolute Gasteiger partial charge is 0.496 e. The minimum absolute atomic E-state index is 0.120. The summed E-state index contributed by atoms with van der Waals surface area (Å²) in [5.74, 6) is 1.31. The molecule has 132 valence electrons. The van der Waals surface area contributed by atoms with Crippen LogP contribution >= 0.6 is 11.8 Å². The number of esters is 1. The van der Waals surface area contributed by atoms with Crippen molar-refractivity contribution in [3.05, 3.63) is 29.3 Å². The van der Waals surface area contributed by atoms with Crippen molar-refractivity contribution in [2.75, 3.05) is 25.8 Å². The van der Waals surface area contributed by atoms with Crippen molar-refractivity contribution in [3.8, 4) is 5.75 Å². The molecule has 0 saturated carbocycles. The van der Waals surface area contributed by atoms with E-state index in [1.807, 2.05) is 26.8 Å². The summed E-state index contributed by atoms with van der Waals surface area (Å²) in [6.45, 7) is 5.53. The lowest BCUT2D eigenvalue weighted by Gasteiger charge is -2.28. The van der Waals surface area contributed by atoms with Crippen molar-refractivity contribution in [1.82, 2.24) is 4.90 Å². The molecule has 1 atom stereocenters. The zero-order valence-corrected chi connectivity index (χ0v) is 15.4. The van der Waals surface area contributed by atoms with Crippen LogP contribution in [0, 0.1) is 0 Å². The summed E-state index contributed by atoms with van der Waals surface area (Å²) in [6.07, 6.45) is -0.339. The van der Waals surface area contributed by atoms with Crippen LogP contribution in [0.15, 0.2) is 18.2 Å². The van der Waals surface area contributed by atoms with E-state index in [9.17, 15) is 9.59 Å². The van der Waals surface area contributed by atoms with E-state index in [0.717, 1.165) is 11.3 Å². The molecule has 0 spiro atoms. The molecule has 1 amide bonds. The first kappa shape index (κ1) is 18.4. The molecular weight excluding hydrogens is 330 g/mol. The number of hydrogen-bond acceptors (Lipinski definition) is 6. The summed E-state index contributed by atoms with van der Waals surface area (Å²) in [6, 6.07) is 5.14. The van der Waals surface area contributed by atoms with Crippen LogP contribution in [-0.4, -0.2) is 48.4 Å². The van der Waals surface area contributed by atoms with E-state index in [0.29, 0.717) is 17.2 Å². The predicted octanol–water partition coefficient (Wildman–Crippen LogP) is 3.46. The quantitative estimate of drug-likeness (QED) is 0.775. The number of ether oxygens (including phenoxy) is 3. The number of nitrogens with zero attached hydrogens (tertiary/aromatic N) is 1. The highest BCUT2D eigenvalue weighted by Crippen LogP contribution is 2.36. The lowest BCUT2D eigenvalue weighted by atomic mass is 10.0. The standard InChI is InChI=1S/C17H23NO5S/c1-17(2,3)23-16(20)18-10-24-9-13(18)11-6-7-12(15(19)22-5)14(8-11)21-4/h6-8,13H,9-10H2,1-5H3. The molecule has 6 nitrogen and oxygen atoms in total. The van der Waals surface area contributed by atoms with Crippen LogP contribution in [0.25, 0.3) is 0 Å². The molecule has 1 aliphatic heterocycles. The average Bonchev–Trinajstić information content (AvgIpc) is 3.01. The van der Waals surface area contributed by atoms with Gasteiger partial charge in [0.05, 0.1) is 26.1 Å². The van der Waals surface area contributed by atoms with Gasteiger partial charge >= 0.3 is 12.1 Å². The molecule has 1 aliphatic rings. The molecule has 0 aromatic heterocycles. The highest BCUT2D eigenvalue weighted by molar-refractivity contribution is 7.99. The third kappa shape index (κ3) is 4.14. The Bertz CT molecular complexity index is 626. The Balaban J connectivity index is 2.26. The second kappa shape index (κ2) is 7.34. The molecule has 2 rings (SSSR count). The van der Waals surface area contributed by atoms with Gasteiger partial charge in [-0.15, -0.1) is 11.8 Å². The predicted molar refractivity (Wildman–Crippen MR) is 92.5 cm³/mol. The fourth-order valence-electron chi connectivity index (χ4n) is 2.41. The van der Waals surface area contributed by atoms with E-state index in [4.69, 9.17) is 14.2 Å². The molecule has 0 aliphatic carbocycles. The van der Waals surface area contributed by atoms with Crippen molar-refractivity contribution in [2.24, 2.45) is 0 Å². The maximum atomic E-state index is 12.4. The summed E-state index contributed by atoms with van der Waals surface area (Å²) >= 11 is 1.66. The normalized spacial score (nSPS) is 17.5. The van der Waals surface area contributed by atoms with Crippen molar-refractivity contribution < 1.29 is 23.8 Å². The first-order valence-corrected chi connectivity index (χ1v) is 8.76. The molecule has 0 bridgehead atoms. The number of carbonyl (C=O) groups excluding carboxylic acids is 2. The van der Waals surface area contributed by atoms with Crippen LogP contribution in [-0.2, 0) is 9.47 Å². The summed E-state index contributed by atoms with van der Waals surface area (Å²) in [4.78, 5) is 25.9. The van der Waals surface area contributed by atoms with Crippen LogP contribution in [0.2, 0.25) is 0 Å². The Kier molecular flexibility index (Phi) is 5.64. The van der Waals surface area contributed by atoms with Crippen molar-refractivity contribution >= 4 is 23.8 Å². The summed E-state index contributed by atoms with van der Waals surface area (Å²) in [5.41, 5.74) is 0.718. The second-order valence-corrected chi connectivity index (χ2v) is 7.42. The summed E-state index contributed by atoms with van der Waals surface area (Å²) in [5, 5.41) is 0. The van der Waals surface area contributed by atoms with Gasteiger partial charge in [0.2, 0.25) is 0 Å². The Morgan fingerprint density at radius 2 is 1.96 bits per heavy atom. The first-order valence-electron chi connectivity index (χ1n) is 7.60. The zero-order chi connectivity index (χ0) is 17.9. The highest BCUT2D eigenvalue weighted by Gasteiger charge is 2.34. The number of rotatable bonds is 3. The van der Waals surface area contributed by atoms with Gasteiger partial charge in [-0.1, -0.05) is 6.07 Å². The van der Waals surface area contributed by atoms with Gasteiger partial charge in [-0.05, 0) is 38.5 Å². The van der Waals surface area contributed by atoms with Gasteiger partial charge in [0, 0.05) is 5.75 Å². The molecule has 1 heterocycles. The maximum absolute atomic E-state index is 12.4. The molecule has 1 aromatic carbocycles. The van der Waals surface area contributed by atoms with Gasteiger partial charge in [0.15, 0.2) is 0 Å². The lowest BCUT2D eigenvalue weighted by molar-refractivity contribution is 0.0237. The molecule has 0 N–H and O–H groups in total. The zero-order valence-electron chi connectivity index (χ0n) is 14.6. The molecule has 1 fully saturated rings. The number of methoxy groups -OCH3 is 2.